The fourth-order valence-electron chi connectivity index (χ4n) is 2.04. The molecule has 0 radical (unpaired) electrons. The molecule has 21 heavy (non-hydrogen) atoms. The third-order valence-corrected chi connectivity index (χ3v) is 4.52. The van der Waals surface area contributed by atoms with Gasteiger partial charge in [0.15, 0.2) is 0 Å². The summed E-state index contributed by atoms with van der Waals surface area (Å²) in [5.74, 6) is 1.73. The standard InChI is InChI=1S/C16H19BrN2OS/c1-16(2,3)14-13(17)15(21)19-12(18-14)9-10-5-7-11(20-4)8-6-10/h5-8H,9H2,1-4H3,(H,18,19,21). The van der Waals surface area contributed by atoms with Gasteiger partial charge in [0.25, 0.3) is 0 Å². The van der Waals surface area contributed by atoms with Gasteiger partial charge < -0.3 is 9.72 Å². The number of ether oxygens (including phenoxy) is 1. The minimum atomic E-state index is -0.0238. The van der Waals surface area contributed by atoms with Crippen molar-refractivity contribution in [3.05, 3.63) is 50.5 Å². The summed E-state index contributed by atoms with van der Waals surface area (Å²) in [5, 5.41) is 0. The summed E-state index contributed by atoms with van der Waals surface area (Å²) in [7, 11) is 1.66. The van der Waals surface area contributed by atoms with Gasteiger partial charge >= 0.3 is 0 Å². The Morgan fingerprint density at radius 2 is 1.86 bits per heavy atom. The highest BCUT2D eigenvalue weighted by Crippen LogP contribution is 2.28. The third-order valence-electron chi connectivity index (χ3n) is 3.19. The molecule has 5 heteroatoms. The van der Waals surface area contributed by atoms with E-state index in [2.05, 4.69) is 46.7 Å². The van der Waals surface area contributed by atoms with E-state index in [1.165, 1.54) is 0 Å². The third kappa shape index (κ3) is 3.92. The first-order valence-electron chi connectivity index (χ1n) is 6.73. The van der Waals surface area contributed by atoms with Crippen molar-refractivity contribution >= 4 is 28.1 Å². The number of nitrogens with zero attached hydrogens (tertiary/aromatic N) is 1. The number of rotatable bonds is 3. The van der Waals surface area contributed by atoms with E-state index in [-0.39, 0.29) is 5.41 Å². The number of hydrogen-bond acceptors (Lipinski definition) is 3. The average Bonchev–Trinajstić information content (AvgIpc) is 2.42. The molecular weight excluding hydrogens is 348 g/mol. The lowest BCUT2D eigenvalue weighted by atomic mass is 9.92. The molecule has 2 aromatic rings. The number of aromatic amines is 1. The second kappa shape index (κ2) is 6.28. The lowest BCUT2D eigenvalue weighted by Crippen LogP contribution is -2.17. The molecular formula is C16H19BrN2OS. The topological polar surface area (TPSA) is 37.9 Å². The molecule has 0 bridgehead atoms. The summed E-state index contributed by atoms with van der Waals surface area (Å²) in [6.45, 7) is 6.45. The van der Waals surface area contributed by atoms with E-state index in [9.17, 15) is 0 Å². The van der Waals surface area contributed by atoms with Gasteiger partial charge in [-0.2, -0.15) is 0 Å². The smallest absolute Gasteiger partial charge is 0.144 e. The molecule has 0 spiro atoms. The summed E-state index contributed by atoms with van der Waals surface area (Å²) >= 11 is 8.89. The van der Waals surface area contributed by atoms with Crippen molar-refractivity contribution in [2.75, 3.05) is 7.11 Å². The largest absolute Gasteiger partial charge is 0.497 e. The molecule has 0 saturated carbocycles. The Labute approximate surface area is 138 Å². The molecule has 3 nitrogen and oxygen atoms in total. The Morgan fingerprint density at radius 1 is 1.24 bits per heavy atom. The van der Waals surface area contributed by atoms with Crippen LogP contribution in [0.2, 0.25) is 0 Å². The Bertz CT molecular complexity index is 687. The number of hydrogen-bond donors (Lipinski definition) is 1. The van der Waals surface area contributed by atoms with Crippen molar-refractivity contribution in [3.63, 3.8) is 0 Å². The van der Waals surface area contributed by atoms with Crippen LogP contribution in [0.15, 0.2) is 28.7 Å². The van der Waals surface area contributed by atoms with E-state index in [0.717, 1.165) is 27.3 Å². The Kier molecular flexibility index (Phi) is 4.84. The molecule has 0 aliphatic carbocycles. The summed E-state index contributed by atoms with van der Waals surface area (Å²) in [6.07, 6.45) is 0.712. The van der Waals surface area contributed by atoms with Crippen molar-refractivity contribution in [3.8, 4) is 5.75 Å². The summed E-state index contributed by atoms with van der Waals surface area (Å²) in [4.78, 5) is 7.88. The average molecular weight is 367 g/mol. The van der Waals surface area contributed by atoms with Crippen LogP contribution in [-0.4, -0.2) is 17.1 Å². The zero-order valence-corrected chi connectivity index (χ0v) is 15.1. The van der Waals surface area contributed by atoms with E-state index >= 15 is 0 Å². The molecule has 2 rings (SSSR count). The lowest BCUT2D eigenvalue weighted by molar-refractivity contribution is 0.414. The van der Waals surface area contributed by atoms with Crippen LogP contribution in [0.4, 0.5) is 0 Å². The van der Waals surface area contributed by atoms with Gasteiger partial charge in [-0.1, -0.05) is 45.1 Å². The molecule has 0 aliphatic rings. The van der Waals surface area contributed by atoms with Gasteiger partial charge in [0.05, 0.1) is 11.6 Å². The van der Waals surface area contributed by atoms with Gasteiger partial charge in [-0.25, -0.2) is 4.98 Å². The summed E-state index contributed by atoms with van der Waals surface area (Å²) < 4.78 is 6.65. The summed E-state index contributed by atoms with van der Waals surface area (Å²) in [6, 6.07) is 7.98. The van der Waals surface area contributed by atoms with Crippen LogP contribution in [0.1, 0.15) is 37.9 Å². The van der Waals surface area contributed by atoms with Crippen molar-refractivity contribution in [1.82, 2.24) is 9.97 Å². The number of methoxy groups -OCH3 is 1. The lowest BCUT2D eigenvalue weighted by Gasteiger charge is -2.21. The SMILES string of the molecule is COc1ccc(Cc2nc(=S)c(Br)c(C(C)(C)C)[nH]2)cc1. The molecule has 1 aromatic heterocycles. The molecule has 0 saturated heterocycles. The predicted octanol–water partition coefficient (Wildman–Crippen LogP) is 4.80. The fourth-order valence-corrected chi connectivity index (χ4v) is 3.04. The second-order valence-corrected chi connectivity index (χ2v) is 7.13. The van der Waals surface area contributed by atoms with Crippen LogP contribution in [0.25, 0.3) is 0 Å². The minimum absolute atomic E-state index is 0.0238. The Balaban J connectivity index is 2.36. The Hall–Kier alpha value is -1.20. The highest BCUT2D eigenvalue weighted by Gasteiger charge is 2.20. The molecule has 1 aromatic carbocycles. The van der Waals surface area contributed by atoms with E-state index in [4.69, 9.17) is 17.0 Å². The first kappa shape index (κ1) is 16.2. The van der Waals surface area contributed by atoms with E-state index in [1.807, 2.05) is 24.3 Å². The van der Waals surface area contributed by atoms with Crippen LogP contribution in [0.3, 0.4) is 0 Å². The van der Waals surface area contributed by atoms with Gasteiger partial charge in [0.2, 0.25) is 0 Å². The Morgan fingerprint density at radius 3 is 2.38 bits per heavy atom. The van der Waals surface area contributed by atoms with Gasteiger partial charge in [-0.3, -0.25) is 0 Å². The highest BCUT2D eigenvalue weighted by atomic mass is 79.9. The van der Waals surface area contributed by atoms with Crippen molar-refractivity contribution in [2.24, 2.45) is 0 Å². The maximum absolute atomic E-state index is 5.35. The highest BCUT2D eigenvalue weighted by molar-refractivity contribution is 9.10. The number of benzene rings is 1. The van der Waals surface area contributed by atoms with Crippen molar-refractivity contribution in [2.45, 2.75) is 32.6 Å². The fraction of sp³-hybridized carbons (Fsp3) is 0.375. The van der Waals surface area contributed by atoms with Gasteiger partial charge in [-0.15, -0.1) is 0 Å². The van der Waals surface area contributed by atoms with Gasteiger partial charge in [0.1, 0.15) is 16.2 Å². The van der Waals surface area contributed by atoms with Crippen LogP contribution in [0, 0.1) is 4.64 Å². The van der Waals surface area contributed by atoms with Gasteiger partial charge in [0, 0.05) is 17.5 Å². The van der Waals surface area contributed by atoms with Crippen molar-refractivity contribution < 1.29 is 4.74 Å². The monoisotopic (exact) mass is 366 g/mol. The molecule has 0 fully saturated rings. The molecule has 0 unspecified atom stereocenters. The first-order chi connectivity index (χ1) is 9.81. The number of aromatic nitrogens is 2. The number of halogens is 1. The molecule has 0 aliphatic heterocycles. The zero-order valence-electron chi connectivity index (χ0n) is 12.7. The molecule has 1 heterocycles. The normalized spacial score (nSPS) is 11.5. The first-order valence-corrected chi connectivity index (χ1v) is 7.93. The molecule has 112 valence electrons. The quantitative estimate of drug-likeness (QED) is 0.792. The van der Waals surface area contributed by atoms with Crippen LogP contribution in [0.5, 0.6) is 5.75 Å². The number of nitrogens with one attached hydrogen (secondary N) is 1. The summed E-state index contributed by atoms with van der Waals surface area (Å²) in [5.41, 5.74) is 2.21. The molecule has 0 atom stereocenters. The van der Waals surface area contributed by atoms with Crippen LogP contribution in [-0.2, 0) is 11.8 Å². The number of H-pyrrole nitrogens is 1. The zero-order chi connectivity index (χ0) is 15.6. The second-order valence-electron chi connectivity index (χ2n) is 5.95. The van der Waals surface area contributed by atoms with E-state index < -0.39 is 0 Å². The minimum Gasteiger partial charge on any atom is -0.497 e. The molecule has 0 amide bonds. The van der Waals surface area contributed by atoms with Crippen molar-refractivity contribution in [1.29, 1.82) is 0 Å². The maximum atomic E-state index is 5.35. The maximum Gasteiger partial charge on any atom is 0.144 e. The van der Waals surface area contributed by atoms with E-state index in [1.54, 1.807) is 7.11 Å². The van der Waals surface area contributed by atoms with E-state index in [0.29, 0.717) is 11.1 Å². The van der Waals surface area contributed by atoms with Crippen LogP contribution < -0.4 is 4.74 Å². The van der Waals surface area contributed by atoms with Gasteiger partial charge in [-0.05, 0) is 33.6 Å². The molecule has 1 N–H and O–H groups in total. The predicted molar refractivity (Wildman–Crippen MR) is 91.6 cm³/mol. The van der Waals surface area contributed by atoms with Crippen LogP contribution >= 0.6 is 28.1 Å².